The SMILES string of the molecule is CCCCc1ccc(-n2nnnc2SC(C(N)=O)c2ccccc2)cc1. The molecule has 0 saturated carbocycles. The molecular weight excluding hydrogens is 346 g/mol. The molecule has 0 aliphatic carbocycles. The molecule has 3 aromatic rings. The Labute approximate surface area is 156 Å². The van der Waals surface area contributed by atoms with E-state index in [1.165, 1.54) is 30.2 Å². The number of thioether (sulfide) groups is 1. The van der Waals surface area contributed by atoms with Crippen LogP contribution in [0.25, 0.3) is 5.69 Å². The van der Waals surface area contributed by atoms with Crippen molar-refractivity contribution in [1.29, 1.82) is 0 Å². The van der Waals surface area contributed by atoms with Crippen molar-refractivity contribution in [3.8, 4) is 5.69 Å². The monoisotopic (exact) mass is 367 g/mol. The van der Waals surface area contributed by atoms with E-state index in [1.807, 2.05) is 42.5 Å². The number of tetrazole rings is 1. The zero-order chi connectivity index (χ0) is 18.4. The predicted octanol–water partition coefficient (Wildman–Crippen LogP) is 3.32. The normalized spacial score (nSPS) is 12.0. The van der Waals surface area contributed by atoms with E-state index < -0.39 is 11.2 Å². The zero-order valence-corrected chi connectivity index (χ0v) is 15.4. The highest BCUT2D eigenvalue weighted by atomic mass is 32.2. The molecule has 0 radical (unpaired) electrons. The zero-order valence-electron chi connectivity index (χ0n) is 14.6. The maximum Gasteiger partial charge on any atom is 0.235 e. The lowest BCUT2D eigenvalue weighted by atomic mass is 10.1. The summed E-state index contributed by atoms with van der Waals surface area (Å²) in [5, 5.41) is 11.9. The summed E-state index contributed by atoms with van der Waals surface area (Å²) < 4.78 is 1.63. The third kappa shape index (κ3) is 4.29. The fraction of sp³-hybridized carbons (Fsp3) is 0.263. The van der Waals surface area contributed by atoms with Crippen molar-refractivity contribution in [2.75, 3.05) is 0 Å². The fourth-order valence-corrected chi connectivity index (χ4v) is 3.57. The maximum atomic E-state index is 11.9. The van der Waals surface area contributed by atoms with E-state index in [0.29, 0.717) is 5.16 Å². The van der Waals surface area contributed by atoms with Gasteiger partial charge in [-0.15, -0.1) is 5.10 Å². The summed E-state index contributed by atoms with van der Waals surface area (Å²) in [5.74, 6) is -0.425. The first-order chi connectivity index (χ1) is 12.7. The molecule has 26 heavy (non-hydrogen) atoms. The summed E-state index contributed by atoms with van der Waals surface area (Å²) in [6.45, 7) is 2.18. The predicted molar refractivity (Wildman–Crippen MR) is 102 cm³/mol. The van der Waals surface area contributed by atoms with Crippen LogP contribution in [0.5, 0.6) is 0 Å². The summed E-state index contributed by atoms with van der Waals surface area (Å²) >= 11 is 1.25. The van der Waals surface area contributed by atoms with E-state index in [1.54, 1.807) is 4.68 Å². The minimum atomic E-state index is -0.551. The van der Waals surface area contributed by atoms with Gasteiger partial charge in [-0.1, -0.05) is 67.6 Å². The van der Waals surface area contributed by atoms with Gasteiger partial charge in [-0.25, -0.2) is 0 Å². The van der Waals surface area contributed by atoms with Gasteiger partial charge in [0.25, 0.3) is 0 Å². The molecule has 2 aromatic carbocycles. The molecular formula is C19H21N5OS. The van der Waals surface area contributed by atoms with Crippen molar-refractivity contribution in [1.82, 2.24) is 20.2 Å². The summed E-state index contributed by atoms with van der Waals surface area (Å²) in [4.78, 5) is 11.9. The Kier molecular flexibility index (Phi) is 6.01. The number of aromatic nitrogens is 4. The molecule has 6 nitrogen and oxygen atoms in total. The average Bonchev–Trinajstić information content (AvgIpc) is 3.13. The van der Waals surface area contributed by atoms with Crippen molar-refractivity contribution in [3.63, 3.8) is 0 Å². The maximum absolute atomic E-state index is 11.9. The third-order valence-electron chi connectivity index (χ3n) is 4.02. The Hall–Kier alpha value is -2.67. The van der Waals surface area contributed by atoms with Gasteiger partial charge < -0.3 is 5.73 Å². The number of benzene rings is 2. The number of aryl methyl sites for hydroxylation is 1. The number of hydrogen-bond acceptors (Lipinski definition) is 5. The molecule has 0 fully saturated rings. The van der Waals surface area contributed by atoms with Crippen molar-refractivity contribution in [2.24, 2.45) is 5.73 Å². The first kappa shape index (κ1) is 18.1. The molecule has 1 unspecified atom stereocenters. The van der Waals surface area contributed by atoms with Crippen LogP contribution in [-0.2, 0) is 11.2 Å². The molecule has 0 aliphatic heterocycles. The molecule has 0 aliphatic rings. The Bertz CT molecular complexity index is 848. The van der Waals surface area contributed by atoms with Crippen molar-refractivity contribution in [2.45, 2.75) is 36.6 Å². The molecule has 134 valence electrons. The van der Waals surface area contributed by atoms with Gasteiger partial charge in [-0.05, 0) is 46.5 Å². The second-order valence-corrected chi connectivity index (χ2v) is 7.03. The molecule has 1 atom stereocenters. The van der Waals surface area contributed by atoms with Crippen LogP contribution in [0.1, 0.15) is 36.1 Å². The fourth-order valence-electron chi connectivity index (χ4n) is 2.62. The van der Waals surface area contributed by atoms with Gasteiger partial charge in [0.1, 0.15) is 5.25 Å². The molecule has 1 amide bonds. The van der Waals surface area contributed by atoms with Gasteiger partial charge in [0.15, 0.2) is 0 Å². The smallest absolute Gasteiger partial charge is 0.235 e. The number of carbonyl (C=O) groups is 1. The minimum Gasteiger partial charge on any atom is -0.368 e. The number of primary amides is 1. The Morgan fingerprint density at radius 1 is 1.15 bits per heavy atom. The molecule has 7 heteroatoms. The molecule has 1 aromatic heterocycles. The average molecular weight is 367 g/mol. The van der Waals surface area contributed by atoms with E-state index in [-0.39, 0.29) is 0 Å². The lowest BCUT2D eigenvalue weighted by Crippen LogP contribution is -2.19. The number of amides is 1. The van der Waals surface area contributed by atoms with Crippen LogP contribution >= 0.6 is 11.8 Å². The van der Waals surface area contributed by atoms with Gasteiger partial charge in [0.05, 0.1) is 5.69 Å². The summed E-state index contributed by atoms with van der Waals surface area (Å²) in [5.41, 5.74) is 8.58. The van der Waals surface area contributed by atoms with Crippen LogP contribution in [0.3, 0.4) is 0 Å². The Balaban J connectivity index is 1.82. The van der Waals surface area contributed by atoms with Crippen LogP contribution in [0.4, 0.5) is 0 Å². The second kappa shape index (κ2) is 8.62. The first-order valence-electron chi connectivity index (χ1n) is 8.57. The van der Waals surface area contributed by atoms with E-state index >= 15 is 0 Å². The number of nitrogens with two attached hydrogens (primary N) is 1. The van der Waals surface area contributed by atoms with E-state index in [4.69, 9.17) is 5.73 Å². The van der Waals surface area contributed by atoms with Crippen molar-refractivity contribution in [3.05, 3.63) is 65.7 Å². The van der Waals surface area contributed by atoms with Gasteiger partial charge in [0.2, 0.25) is 11.1 Å². The van der Waals surface area contributed by atoms with Gasteiger partial charge in [0, 0.05) is 0 Å². The van der Waals surface area contributed by atoms with Gasteiger partial charge in [-0.2, -0.15) is 4.68 Å². The quantitative estimate of drug-likeness (QED) is 0.617. The van der Waals surface area contributed by atoms with Gasteiger partial charge in [-0.3, -0.25) is 4.79 Å². The highest BCUT2D eigenvalue weighted by Gasteiger charge is 2.23. The Morgan fingerprint density at radius 2 is 1.88 bits per heavy atom. The lowest BCUT2D eigenvalue weighted by Gasteiger charge is -2.13. The second-order valence-electron chi connectivity index (χ2n) is 5.95. The van der Waals surface area contributed by atoms with Crippen molar-refractivity contribution < 1.29 is 4.79 Å². The van der Waals surface area contributed by atoms with Crippen LogP contribution in [-0.4, -0.2) is 26.1 Å². The van der Waals surface area contributed by atoms with Gasteiger partial charge >= 0.3 is 0 Å². The summed E-state index contributed by atoms with van der Waals surface area (Å²) in [6.07, 6.45) is 3.40. The van der Waals surface area contributed by atoms with Crippen LogP contribution < -0.4 is 5.73 Å². The number of rotatable bonds is 8. The number of nitrogens with zero attached hydrogens (tertiary/aromatic N) is 4. The highest BCUT2D eigenvalue weighted by molar-refractivity contribution is 8.00. The minimum absolute atomic E-state index is 0.425. The molecule has 0 saturated heterocycles. The topological polar surface area (TPSA) is 86.7 Å². The molecule has 0 bridgehead atoms. The van der Waals surface area contributed by atoms with Crippen LogP contribution in [0, 0.1) is 0 Å². The first-order valence-corrected chi connectivity index (χ1v) is 9.45. The lowest BCUT2D eigenvalue weighted by molar-refractivity contribution is -0.117. The highest BCUT2D eigenvalue weighted by Crippen LogP contribution is 2.34. The van der Waals surface area contributed by atoms with Crippen LogP contribution in [0.15, 0.2) is 59.8 Å². The number of unbranched alkanes of at least 4 members (excludes halogenated alkanes) is 1. The number of carbonyl (C=O) groups excluding carboxylic acids is 1. The van der Waals surface area contributed by atoms with E-state index in [0.717, 1.165) is 17.7 Å². The largest absolute Gasteiger partial charge is 0.368 e. The molecule has 3 rings (SSSR count). The van der Waals surface area contributed by atoms with Crippen molar-refractivity contribution >= 4 is 17.7 Å². The molecule has 0 spiro atoms. The van der Waals surface area contributed by atoms with E-state index in [9.17, 15) is 4.79 Å². The standard InChI is InChI=1S/C19H21N5OS/c1-2-3-7-14-10-12-16(13-11-14)24-19(21-22-23-24)26-17(18(20)25)15-8-5-4-6-9-15/h4-6,8-13,17H,2-3,7H2,1H3,(H2,20,25). The molecule has 2 N–H and O–H groups in total. The van der Waals surface area contributed by atoms with Crippen LogP contribution in [0.2, 0.25) is 0 Å². The van der Waals surface area contributed by atoms with E-state index in [2.05, 4.69) is 34.6 Å². The third-order valence-corrected chi connectivity index (χ3v) is 5.23. The number of hydrogen-bond donors (Lipinski definition) is 1. The summed E-state index contributed by atoms with van der Waals surface area (Å²) in [7, 11) is 0. The summed E-state index contributed by atoms with van der Waals surface area (Å²) in [6, 6.07) is 17.6. The Morgan fingerprint density at radius 3 is 2.54 bits per heavy atom. The molecule has 1 heterocycles.